The van der Waals surface area contributed by atoms with E-state index in [4.69, 9.17) is 21.3 Å². The molecule has 2 heterocycles. The Hall–Kier alpha value is -1.51. The highest BCUT2D eigenvalue weighted by Crippen LogP contribution is 2.26. The van der Waals surface area contributed by atoms with Crippen LogP contribution < -0.4 is 5.32 Å². The molecule has 0 fully saturated rings. The Morgan fingerprint density at radius 3 is 3.00 bits per heavy atom. The summed E-state index contributed by atoms with van der Waals surface area (Å²) in [6, 6.07) is 5.77. The lowest BCUT2D eigenvalue weighted by molar-refractivity contribution is 0.490. The Bertz CT molecular complexity index is 540. The van der Waals surface area contributed by atoms with Gasteiger partial charge in [-0.2, -0.15) is 5.26 Å². The van der Waals surface area contributed by atoms with Gasteiger partial charge in [0, 0.05) is 0 Å². The number of nitriles is 1. The highest BCUT2D eigenvalue weighted by molar-refractivity contribution is 7.16. The zero-order valence-electron chi connectivity index (χ0n) is 8.45. The van der Waals surface area contributed by atoms with Crippen LogP contribution in [0.5, 0.6) is 0 Å². The van der Waals surface area contributed by atoms with E-state index < -0.39 is 0 Å². The summed E-state index contributed by atoms with van der Waals surface area (Å²) in [5.74, 6) is 1.69. The number of rotatable bonds is 3. The summed E-state index contributed by atoms with van der Waals surface area (Å²) in [6.45, 7) is 2.42. The highest BCUT2D eigenvalue weighted by Gasteiger charge is 2.08. The van der Waals surface area contributed by atoms with Gasteiger partial charge in [-0.1, -0.05) is 22.9 Å². The lowest BCUT2D eigenvalue weighted by Crippen LogP contribution is -1.96. The van der Waals surface area contributed by atoms with Gasteiger partial charge < -0.3 is 9.73 Å². The summed E-state index contributed by atoms with van der Waals surface area (Å²) in [5.41, 5.74) is 0. The lowest BCUT2D eigenvalue weighted by atomic mass is 10.4. The Balaban J connectivity index is 2.02. The fourth-order valence-corrected chi connectivity index (χ4v) is 2.13. The van der Waals surface area contributed by atoms with Gasteiger partial charge >= 0.3 is 0 Å². The lowest BCUT2D eigenvalue weighted by Gasteiger charge is -1.97. The molecule has 4 nitrogen and oxygen atoms in total. The molecule has 0 radical (unpaired) electrons. The van der Waals surface area contributed by atoms with Gasteiger partial charge in [-0.05, 0) is 19.1 Å². The number of hydrogen-bond donors (Lipinski definition) is 1. The summed E-state index contributed by atoms with van der Waals surface area (Å²) in [7, 11) is 0. The minimum Gasteiger partial charge on any atom is -0.465 e. The van der Waals surface area contributed by atoms with Crippen LogP contribution in [0.15, 0.2) is 16.5 Å². The van der Waals surface area contributed by atoms with Crippen LogP contribution >= 0.6 is 22.9 Å². The van der Waals surface area contributed by atoms with Crippen molar-refractivity contribution in [2.45, 2.75) is 13.5 Å². The molecule has 16 heavy (non-hydrogen) atoms. The number of nitrogens with zero attached hydrogens (tertiary/aromatic N) is 2. The van der Waals surface area contributed by atoms with Crippen molar-refractivity contribution < 1.29 is 4.42 Å². The average Bonchev–Trinajstić information content (AvgIpc) is 2.82. The first-order chi connectivity index (χ1) is 7.69. The molecule has 0 aromatic carbocycles. The van der Waals surface area contributed by atoms with E-state index in [0.29, 0.717) is 16.6 Å². The second-order valence-corrected chi connectivity index (χ2v) is 4.47. The molecule has 0 saturated heterocycles. The average molecular weight is 254 g/mol. The van der Waals surface area contributed by atoms with Gasteiger partial charge in [0.1, 0.15) is 22.5 Å². The van der Waals surface area contributed by atoms with Crippen molar-refractivity contribution in [1.29, 1.82) is 5.26 Å². The van der Waals surface area contributed by atoms with Gasteiger partial charge in [0.15, 0.2) is 10.3 Å². The number of anilines is 1. The standard InChI is InChI=1S/C10H8ClN3OS/c1-6-2-3-7(15-6)5-13-10-14-9(11)8(4-12)16-10/h2-3H,5H2,1H3,(H,13,14). The SMILES string of the molecule is Cc1ccc(CNc2nc(Cl)c(C#N)s2)o1. The summed E-state index contributed by atoms with van der Waals surface area (Å²) >= 11 is 6.97. The van der Waals surface area contributed by atoms with Crippen molar-refractivity contribution in [1.82, 2.24) is 4.98 Å². The largest absolute Gasteiger partial charge is 0.465 e. The van der Waals surface area contributed by atoms with E-state index in [1.807, 2.05) is 25.1 Å². The van der Waals surface area contributed by atoms with Crippen molar-refractivity contribution in [2.75, 3.05) is 5.32 Å². The fraction of sp³-hybridized carbons (Fsp3) is 0.200. The van der Waals surface area contributed by atoms with E-state index in [9.17, 15) is 0 Å². The van der Waals surface area contributed by atoms with E-state index in [0.717, 1.165) is 11.5 Å². The molecular weight excluding hydrogens is 246 g/mol. The summed E-state index contributed by atoms with van der Waals surface area (Å²) in [5, 5.41) is 12.6. The van der Waals surface area contributed by atoms with Crippen LogP contribution in [0.3, 0.4) is 0 Å². The van der Waals surface area contributed by atoms with E-state index in [2.05, 4.69) is 10.3 Å². The maximum atomic E-state index is 8.71. The smallest absolute Gasteiger partial charge is 0.185 e. The second kappa shape index (κ2) is 4.56. The number of hydrogen-bond acceptors (Lipinski definition) is 5. The topological polar surface area (TPSA) is 61.9 Å². The number of aryl methyl sites for hydroxylation is 1. The van der Waals surface area contributed by atoms with Gasteiger partial charge in [-0.3, -0.25) is 0 Å². The van der Waals surface area contributed by atoms with E-state index in [-0.39, 0.29) is 5.15 Å². The molecule has 0 atom stereocenters. The first kappa shape index (κ1) is 11.0. The zero-order valence-corrected chi connectivity index (χ0v) is 10.0. The maximum absolute atomic E-state index is 8.71. The molecule has 0 saturated carbocycles. The zero-order chi connectivity index (χ0) is 11.5. The predicted octanol–water partition coefficient (Wildman–Crippen LogP) is 3.18. The van der Waals surface area contributed by atoms with Crippen LogP contribution in [0, 0.1) is 18.3 Å². The quantitative estimate of drug-likeness (QED) is 0.913. The van der Waals surface area contributed by atoms with Crippen molar-refractivity contribution >= 4 is 28.1 Å². The predicted molar refractivity (Wildman–Crippen MR) is 62.6 cm³/mol. The van der Waals surface area contributed by atoms with Crippen molar-refractivity contribution in [3.63, 3.8) is 0 Å². The van der Waals surface area contributed by atoms with Crippen molar-refractivity contribution in [3.8, 4) is 6.07 Å². The van der Waals surface area contributed by atoms with E-state index in [1.54, 1.807) is 0 Å². The van der Waals surface area contributed by atoms with Gasteiger partial charge in [0.05, 0.1) is 6.54 Å². The molecule has 0 aliphatic heterocycles. The number of thiazole rings is 1. The summed E-state index contributed by atoms with van der Waals surface area (Å²) in [6.07, 6.45) is 0. The maximum Gasteiger partial charge on any atom is 0.185 e. The first-order valence-corrected chi connectivity index (χ1v) is 5.74. The number of aromatic nitrogens is 1. The van der Waals surface area contributed by atoms with E-state index >= 15 is 0 Å². The van der Waals surface area contributed by atoms with Crippen molar-refractivity contribution in [2.24, 2.45) is 0 Å². The minimum absolute atomic E-state index is 0.241. The van der Waals surface area contributed by atoms with Gasteiger partial charge in [-0.15, -0.1) is 0 Å². The Kier molecular flexibility index (Phi) is 3.13. The normalized spacial score (nSPS) is 10.1. The van der Waals surface area contributed by atoms with Crippen LogP contribution in [0.4, 0.5) is 5.13 Å². The number of halogens is 1. The van der Waals surface area contributed by atoms with E-state index in [1.165, 1.54) is 11.3 Å². The molecular formula is C10H8ClN3OS. The molecule has 0 bridgehead atoms. The first-order valence-electron chi connectivity index (χ1n) is 4.54. The van der Waals surface area contributed by atoms with Crippen LogP contribution in [0.1, 0.15) is 16.4 Å². The Morgan fingerprint density at radius 1 is 1.62 bits per heavy atom. The molecule has 0 unspecified atom stereocenters. The molecule has 0 spiro atoms. The van der Waals surface area contributed by atoms with Gasteiger partial charge in [0.2, 0.25) is 0 Å². The third-order valence-corrected chi connectivity index (χ3v) is 3.20. The third kappa shape index (κ3) is 2.35. The number of nitrogens with one attached hydrogen (secondary N) is 1. The van der Waals surface area contributed by atoms with Crippen LogP contribution in [-0.4, -0.2) is 4.98 Å². The third-order valence-electron chi connectivity index (χ3n) is 1.90. The van der Waals surface area contributed by atoms with Crippen LogP contribution in [0.2, 0.25) is 5.15 Å². The van der Waals surface area contributed by atoms with Gasteiger partial charge in [-0.25, -0.2) is 4.98 Å². The molecule has 0 aliphatic rings. The molecule has 0 amide bonds. The summed E-state index contributed by atoms with van der Waals surface area (Å²) in [4.78, 5) is 4.43. The Labute approximate surface area is 101 Å². The second-order valence-electron chi connectivity index (χ2n) is 3.12. The molecule has 0 aliphatic carbocycles. The monoisotopic (exact) mass is 253 g/mol. The molecule has 1 N–H and O–H groups in total. The molecule has 2 aromatic heterocycles. The summed E-state index contributed by atoms with van der Waals surface area (Å²) < 4.78 is 5.38. The van der Waals surface area contributed by atoms with Gasteiger partial charge in [0.25, 0.3) is 0 Å². The Morgan fingerprint density at radius 2 is 2.44 bits per heavy atom. The highest BCUT2D eigenvalue weighted by atomic mass is 35.5. The minimum atomic E-state index is 0.241. The molecule has 2 aromatic rings. The molecule has 2 rings (SSSR count). The van der Waals surface area contributed by atoms with Crippen molar-refractivity contribution in [3.05, 3.63) is 33.7 Å². The molecule has 6 heteroatoms. The molecule has 82 valence electrons. The number of furan rings is 1. The van der Waals surface area contributed by atoms with Crippen LogP contribution in [-0.2, 0) is 6.54 Å². The fourth-order valence-electron chi connectivity index (χ4n) is 1.19. The van der Waals surface area contributed by atoms with Crippen LogP contribution in [0.25, 0.3) is 0 Å².